The van der Waals surface area contributed by atoms with Crippen LogP contribution in [0.4, 0.5) is 0 Å². The third kappa shape index (κ3) is 1.00. The van der Waals surface area contributed by atoms with Gasteiger partial charge >= 0.3 is 0 Å². The quantitative estimate of drug-likeness (QED) is 0.580. The zero-order valence-electron chi connectivity index (χ0n) is 7.58. The van der Waals surface area contributed by atoms with Crippen molar-refractivity contribution in [1.29, 1.82) is 0 Å². The summed E-state index contributed by atoms with van der Waals surface area (Å²) in [5, 5.41) is 0. The zero-order valence-corrected chi connectivity index (χ0v) is 7.58. The largest absolute Gasteiger partial charge is 0.298 e. The molecule has 11 heavy (non-hydrogen) atoms. The molecular weight excluding hydrogens is 136 g/mol. The predicted octanol–water partition coefficient (Wildman–Crippen LogP) is 0.785. The van der Waals surface area contributed by atoms with Gasteiger partial charge in [-0.05, 0) is 19.5 Å². The Morgan fingerprint density at radius 1 is 1.09 bits per heavy atom. The lowest BCUT2D eigenvalue weighted by Gasteiger charge is -2.46. The Morgan fingerprint density at radius 3 is 2.45 bits per heavy atom. The van der Waals surface area contributed by atoms with Gasteiger partial charge in [-0.3, -0.25) is 9.80 Å². The van der Waals surface area contributed by atoms with E-state index in [1.807, 2.05) is 0 Å². The summed E-state index contributed by atoms with van der Waals surface area (Å²) in [5.41, 5.74) is 0. The second kappa shape index (κ2) is 2.76. The van der Waals surface area contributed by atoms with Crippen LogP contribution in [0, 0.1) is 0 Å². The van der Waals surface area contributed by atoms with Gasteiger partial charge in [0.05, 0.1) is 0 Å². The predicted molar refractivity (Wildman–Crippen MR) is 46.7 cm³/mol. The molecule has 64 valence electrons. The van der Waals surface area contributed by atoms with E-state index in [-0.39, 0.29) is 0 Å². The molecule has 0 amide bonds. The second-order valence-electron chi connectivity index (χ2n) is 3.64. The molecule has 2 aliphatic heterocycles. The van der Waals surface area contributed by atoms with Crippen LogP contribution in [0.2, 0.25) is 0 Å². The van der Waals surface area contributed by atoms with E-state index in [1.165, 1.54) is 32.6 Å². The Hall–Kier alpha value is -0.0800. The van der Waals surface area contributed by atoms with Crippen molar-refractivity contribution in [1.82, 2.24) is 9.80 Å². The van der Waals surface area contributed by atoms with Crippen LogP contribution in [0.3, 0.4) is 0 Å². The first-order valence-electron chi connectivity index (χ1n) is 4.85. The molecule has 0 radical (unpaired) electrons. The van der Waals surface area contributed by atoms with Gasteiger partial charge in [-0.25, -0.2) is 0 Å². The number of hydrogen-bond acceptors (Lipinski definition) is 2. The Kier molecular flexibility index (Phi) is 1.90. The van der Waals surface area contributed by atoms with E-state index in [4.69, 9.17) is 0 Å². The monoisotopic (exact) mass is 154 g/mol. The number of rotatable bonds is 2. The minimum absolute atomic E-state index is 0.917. The van der Waals surface area contributed by atoms with Crippen molar-refractivity contribution in [3.63, 3.8) is 0 Å². The van der Waals surface area contributed by atoms with E-state index < -0.39 is 0 Å². The topological polar surface area (TPSA) is 6.48 Å². The van der Waals surface area contributed by atoms with E-state index in [0.717, 1.165) is 12.1 Å². The van der Waals surface area contributed by atoms with Gasteiger partial charge in [0.2, 0.25) is 0 Å². The van der Waals surface area contributed by atoms with Crippen LogP contribution < -0.4 is 0 Å². The zero-order chi connectivity index (χ0) is 7.84. The molecule has 0 aromatic rings. The van der Waals surface area contributed by atoms with Gasteiger partial charge in [0.25, 0.3) is 0 Å². The molecule has 2 fully saturated rings. The number of likely N-dealkylation sites (N-methyl/N-ethyl adjacent to an activating group) is 2. The van der Waals surface area contributed by atoms with Crippen LogP contribution >= 0.6 is 0 Å². The highest BCUT2D eigenvalue weighted by molar-refractivity contribution is 5.02. The minimum atomic E-state index is 0.917. The summed E-state index contributed by atoms with van der Waals surface area (Å²) in [5.74, 6) is 0. The van der Waals surface area contributed by atoms with Gasteiger partial charge in [-0.2, -0.15) is 0 Å². The average molecular weight is 154 g/mol. The average Bonchev–Trinajstić information content (AvgIpc) is 2.29. The van der Waals surface area contributed by atoms with Crippen molar-refractivity contribution < 1.29 is 0 Å². The van der Waals surface area contributed by atoms with Crippen LogP contribution in [-0.2, 0) is 0 Å². The van der Waals surface area contributed by atoms with Gasteiger partial charge in [-0.1, -0.05) is 13.8 Å². The Balaban J connectivity index is 1.92. The molecule has 2 nitrogen and oxygen atoms in total. The van der Waals surface area contributed by atoms with Crippen molar-refractivity contribution in [3.05, 3.63) is 0 Å². The van der Waals surface area contributed by atoms with Crippen LogP contribution in [0.25, 0.3) is 0 Å². The second-order valence-corrected chi connectivity index (χ2v) is 3.64. The van der Waals surface area contributed by atoms with Crippen molar-refractivity contribution in [3.8, 4) is 0 Å². The molecule has 0 aliphatic carbocycles. The molecule has 2 heteroatoms. The fourth-order valence-electron chi connectivity index (χ4n) is 2.56. The molecule has 0 saturated carbocycles. The van der Waals surface area contributed by atoms with Gasteiger partial charge in [0, 0.05) is 25.2 Å². The SMILES string of the molecule is CCN1CCC2C1CN2CC. The highest BCUT2D eigenvalue weighted by Crippen LogP contribution is 2.31. The Morgan fingerprint density at radius 2 is 1.82 bits per heavy atom. The fourth-order valence-corrected chi connectivity index (χ4v) is 2.56. The third-order valence-corrected chi connectivity index (χ3v) is 3.33. The highest BCUT2D eigenvalue weighted by atomic mass is 15.4. The molecule has 0 bridgehead atoms. The van der Waals surface area contributed by atoms with Crippen LogP contribution in [0.1, 0.15) is 20.3 Å². The molecule has 2 saturated heterocycles. The Bertz CT molecular complexity index is 146. The maximum atomic E-state index is 2.62. The number of fused-ring (bicyclic) bond motifs is 1. The third-order valence-electron chi connectivity index (χ3n) is 3.33. The number of nitrogens with zero attached hydrogens (tertiary/aromatic N) is 2. The number of likely N-dealkylation sites (tertiary alicyclic amines) is 2. The van der Waals surface area contributed by atoms with E-state index in [2.05, 4.69) is 23.6 Å². The van der Waals surface area contributed by atoms with Crippen molar-refractivity contribution in [2.45, 2.75) is 32.4 Å². The van der Waals surface area contributed by atoms with Gasteiger partial charge in [0.1, 0.15) is 0 Å². The molecular formula is C9H18N2. The fraction of sp³-hybridized carbons (Fsp3) is 1.00. The van der Waals surface area contributed by atoms with Crippen molar-refractivity contribution in [2.24, 2.45) is 0 Å². The van der Waals surface area contributed by atoms with E-state index in [0.29, 0.717) is 0 Å². The molecule has 0 N–H and O–H groups in total. The van der Waals surface area contributed by atoms with Crippen LogP contribution in [-0.4, -0.2) is 48.1 Å². The molecule has 2 unspecified atom stereocenters. The summed E-state index contributed by atoms with van der Waals surface area (Å²) in [6.07, 6.45) is 1.41. The summed E-state index contributed by atoms with van der Waals surface area (Å²) in [7, 11) is 0. The van der Waals surface area contributed by atoms with Gasteiger partial charge < -0.3 is 0 Å². The summed E-state index contributed by atoms with van der Waals surface area (Å²) in [6.45, 7) is 9.70. The summed E-state index contributed by atoms with van der Waals surface area (Å²) >= 11 is 0. The Labute approximate surface area is 69.2 Å². The van der Waals surface area contributed by atoms with E-state index in [1.54, 1.807) is 0 Å². The molecule has 0 spiro atoms. The smallest absolute Gasteiger partial charge is 0.0379 e. The van der Waals surface area contributed by atoms with E-state index >= 15 is 0 Å². The molecule has 0 aromatic heterocycles. The van der Waals surface area contributed by atoms with E-state index in [9.17, 15) is 0 Å². The van der Waals surface area contributed by atoms with Gasteiger partial charge in [-0.15, -0.1) is 0 Å². The maximum absolute atomic E-state index is 2.62. The maximum Gasteiger partial charge on any atom is 0.0379 e. The van der Waals surface area contributed by atoms with Gasteiger partial charge in [0.15, 0.2) is 0 Å². The summed E-state index contributed by atoms with van der Waals surface area (Å²) in [4.78, 5) is 5.22. The lowest BCUT2D eigenvalue weighted by atomic mass is 9.97. The molecule has 0 aromatic carbocycles. The molecule has 2 atom stereocenters. The van der Waals surface area contributed by atoms with Crippen molar-refractivity contribution >= 4 is 0 Å². The summed E-state index contributed by atoms with van der Waals surface area (Å²) in [6, 6.07) is 1.83. The van der Waals surface area contributed by atoms with Crippen LogP contribution in [0.15, 0.2) is 0 Å². The molecule has 2 heterocycles. The molecule has 2 aliphatic rings. The number of hydrogen-bond donors (Lipinski definition) is 0. The normalized spacial score (nSPS) is 38.7. The highest BCUT2D eigenvalue weighted by Gasteiger charge is 2.44. The standard InChI is InChI=1S/C9H18N2/c1-3-10-6-5-8-9(10)7-11(8)4-2/h8-9H,3-7H2,1-2H3. The first kappa shape index (κ1) is 7.56. The minimum Gasteiger partial charge on any atom is -0.298 e. The first-order chi connectivity index (χ1) is 5.36. The lowest BCUT2D eigenvalue weighted by Crippen LogP contribution is -2.61. The lowest BCUT2D eigenvalue weighted by molar-refractivity contribution is 0.0295. The first-order valence-corrected chi connectivity index (χ1v) is 4.85. The van der Waals surface area contributed by atoms with Crippen LogP contribution in [0.5, 0.6) is 0 Å². The molecule has 2 rings (SSSR count). The van der Waals surface area contributed by atoms with Crippen molar-refractivity contribution in [2.75, 3.05) is 26.2 Å². The summed E-state index contributed by atoms with van der Waals surface area (Å²) < 4.78 is 0.